The summed E-state index contributed by atoms with van der Waals surface area (Å²) in [6.07, 6.45) is 2.82. The van der Waals surface area contributed by atoms with Crippen molar-refractivity contribution in [3.63, 3.8) is 0 Å². The van der Waals surface area contributed by atoms with Crippen LogP contribution in [0.3, 0.4) is 0 Å². The lowest BCUT2D eigenvalue weighted by Gasteiger charge is -2.11. The van der Waals surface area contributed by atoms with Gasteiger partial charge in [-0.2, -0.15) is 0 Å². The molecule has 1 amide bonds. The van der Waals surface area contributed by atoms with E-state index in [0.29, 0.717) is 6.54 Å². The number of carbonyl (C=O) groups is 1. The van der Waals surface area contributed by atoms with Crippen LogP contribution in [0.1, 0.15) is 28.4 Å². The maximum absolute atomic E-state index is 11.9. The minimum Gasteiger partial charge on any atom is -0.348 e. The Morgan fingerprint density at radius 2 is 2.16 bits per heavy atom. The Bertz CT molecular complexity index is 539. The molecule has 2 rings (SSSR count). The minimum absolute atomic E-state index is 0.181. The van der Waals surface area contributed by atoms with E-state index in [1.54, 1.807) is 11.3 Å². The first kappa shape index (κ1) is 13.7. The second kappa shape index (κ2) is 6.45. The van der Waals surface area contributed by atoms with Crippen LogP contribution in [0.5, 0.6) is 0 Å². The third-order valence-electron chi connectivity index (χ3n) is 2.80. The van der Waals surface area contributed by atoms with E-state index in [0.717, 1.165) is 17.0 Å². The highest BCUT2D eigenvalue weighted by molar-refractivity contribution is 7.11. The monoisotopic (exact) mass is 275 g/mol. The van der Waals surface area contributed by atoms with Crippen molar-refractivity contribution in [3.8, 4) is 0 Å². The Morgan fingerprint density at radius 3 is 2.79 bits per heavy atom. The number of hydrogen-bond acceptors (Lipinski definition) is 4. The molecule has 4 nitrogen and oxygen atoms in total. The van der Waals surface area contributed by atoms with Gasteiger partial charge < -0.3 is 11.1 Å². The summed E-state index contributed by atoms with van der Waals surface area (Å²) in [5, 5.41) is 3.73. The number of nitrogens with one attached hydrogen (secondary N) is 1. The smallest absolute Gasteiger partial charge is 0.241 e. The van der Waals surface area contributed by atoms with Gasteiger partial charge in [0.25, 0.3) is 0 Å². The van der Waals surface area contributed by atoms with Gasteiger partial charge in [-0.25, -0.2) is 4.98 Å². The summed E-state index contributed by atoms with van der Waals surface area (Å²) < 4.78 is 0. The molecule has 0 saturated heterocycles. The number of rotatable bonds is 5. The predicted octanol–water partition coefficient (Wildman–Crippen LogP) is 2.02. The number of carbonyl (C=O) groups excluding carboxylic acids is 1. The van der Waals surface area contributed by atoms with E-state index < -0.39 is 6.04 Å². The standard InChI is InChI=1S/C14H17N3OS/c1-2-11-8-16-12(19-11)9-17-14(18)13(15)10-6-4-3-5-7-10/h3-8,13H,2,9,15H2,1H3,(H,17,18)/t13-/m1/s1. The van der Waals surface area contributed by atoms with Crippen molar-refractivity contribution in [3.05, 3.63) is 52.0 Å². The molecule has 0 unspecified atom stereocenters. The molecule has 1 aromatic carbocycles. The number of amides is 1. The highest BCUT2D eigenvalue weighted by Gasteiger charge is 2.15. The van der Waals surface area contributed by atoms with E-state index in [-0.39, 0.29) is 5.91 Å². The third kappa shape index (κ3) is 3.62. The Morgan fingerprint density at radius 1 is 1.42 bits per heavy atom. The Labute approximate surface area is 116 Å². The Kier molecular flexibility index (Phi) is 4.65. The normalized spacial score (nSPS) is 12.1. The van der Waals surface area contributed by atoms with Crippen molar-refractivity contribution < 1.29 is 4.79 Å². The van der Waals surface area contributed by atoms with Gasteiger partial charge in [0.1, 0.15) is 11.0 Å². The quantitative estimate of drug-likeness (QED) is 0.877. The number of nitrogens with zero attached hydrogens (tertiary/aromatic N) is 1. The summed E-state index contributed by atoms with van der Waals surface area (Å²) in [7, 11) is 0. The van der Waals surface area contributed by atoms with Gasteiger partial charge >= 0.3 is 0 Å². The number of benzene rings is 1. The molecule has 3 N–H and O–H groups in total. The van der Waals surface area contributed by atoms with Gasteiger partial charge in [0.2, 0.25) is 5.91 Å². The molecule has 5 heteroatoms. The van der Waals surface area contributed by atoms with Gasteiger partial charge in [0, 0.05) is 11.1 Å². The van der Waals surface area contributed by atoms with E-state index in [1.807, 2.05) is 36.5 Å². The molecular weight excluding hydrogens is 258 g/mol. The molecule has 2 aromatic rings. The molecule has 0 saturated carbocycles. The summed E-state index contributed by atoms with van der Waals surface area (Å²) in [6, 6.07) is 8.71. The predicted molar refractivity (Wildman–Crippen MR) is 76.7 cm³/mol. The highest BCUT2D eigenvalue weighted by Crippen LogP contribution is 2.14. The topological polar surface area (TPSA) is 68.0 Å². The molecule has 0 radical (unpaired) electrons. The summed E-state index contributed by atoms with van der Waals surface area (Å²) >= 11 is 1.62. The van der Waals surface area contributed by atoms with Gasteiger partial charge in [-0.3, -0.25) is 4.79 Å². The maximum atomic E-state index is 11.9. The maximum Gasteiger partial charge on any atom is 0.241 e. The lowest BCUT2D eigenvalue weighted by Crippen LogP contribution is -2.33. The van der Waals surface area contributed by atoms with Crippen LogP contribution in [-0.4, -0.2) is 10.9 Å². The first-order valence-corrected chi connectivity index (χ1v) is 7.04. The zero-order chi connectivity index (χ0) is 13.7. The van der Waals surface area contributed by atoms with Crippen LogP contribution in [-0.2, 0) is 17.8 Å². The minimum atomic E-state index is -0.633. The van der Waals surface area contributed by atoms with Gasteiger partial charge in [0.15, 0.2) is 0 Å². The van der Waals surface area contributed by atoms with Crippen LogP contribution in [0.25, 0.3) is 0 Å². The number of hydrogen-bond donors (Lipinski definition) is 2. The molecule has 1 aromatic heterocycles. The summed E-state index contributed by atoms with van der Waals surface area (Å²) in [6.45, 7) is 2.52. The highest BCUT2D eigenvalue weighted by atomic mass is 32.1. The van der Waals surface area contributed by atoms with Crippen LogP contribution >= 0.6 is 11.3 Å². The van der Waals surface area contributed by atoms with Crippen molar-refractivity contribution in [1.29, 1.82) is 0 Å². The second-order valence-corrected chi connectivity index (χ2v) is 5.38. The lowest BCUT2D eigenvalue weighted by molar-refractivity contribution is -0.122. The molecule has 100 valence electrons. The fourth-order valence-electron chi connectivity index (χ4n) is 1.68. The van der Waals surface area contributed by atoms with Crippen LogP contribution in [0.2, 0.25) is 0 Å². The summed E-state index contributed by atoms with van der Waals surface area (Å²) in [5.74, 6) is -0.181. The van der Waals surface area contributed by atoms with Crippen molar-refractivity contribution in [2.45, 2.75) is 25.9 Å². The first-order chi connectivity index (χ1) is 9.20. The molecule has 0 aliphatic carbocycles. The lowest BCUT2D eigenvalue weighted by atomic mass is 10.1. The van der Waals surface area contributed by atoms with Crippen LogP contribution in [0, 0.1) is 0 Å². The molecule has 1 atom stereocenters. The zero-order valence-electron chi connectivity index (χ0n) is 10.8. The number of aromatic nitrogens is 1. The molecule has 0 aliphatic rings. The van der Waals surface area contributed by atoms with Gasteiger partial charge in [-0.1, -0.05) is 37.3 Å². The number of aryl methyl sites for hydroxylation is 1. The Hall–Kier alpha value is -1.72. The SMILES string of the molecule is CCc1cnc(CNC(=O)[C@H](N)c2ccccc2)s1. The van der Waals surface area contributed by atoms with Crippen molar-refractivity contribution >= 4 is 17.2 Å². The van der Waals surface area contributed by atoms with Gasteiger partial charge in [-0.15, -0.1) is 11.3 Å². The number of thiazole rings is 1. The summed E-state index contributed by atoms with van der Waals surface area (Å²) in [5.41, 5.74) is 6.72. The third-order valence-corrected chi connectivity index (χ3v) is 3.95. The molecule has 19 heavy (non-hydrogen) atoms. The van der Waals surface area contributed by atoms with Crippen molar-refractivity contribution in [1.82, 2.24) is 10.3 Å². The van der Waals surface area contributed by atoms with Crippen LogP contribution in [0.15, 0.2) is 36.5 Å². The van der Waals surface area contributed by atoms with Crippen LogP contribution in [0.4, 0.5) is 0 Å². The molecule has 0 spiro atoms. The van der Waals surface area contributed by atoms with Gasteiger partial charge in [-0.05, 0) is 12.0 Å². The molecule has 1 heterocycles. The van der Waals surface area contributed by atoms with E-state index in [4.69, 9.17) is 5.73 Å². The van der Waals surface area contributed by atoms with E-state index >= 15 is 0 Å². The average molecular weight is 275 g/mol. The van der Waals surface area contributed by atoms with Crippen molar-refractivity contribution in [2.75, 3.05) is 0 Å². The molecule has 0 fully saturated rings. The average Bonchev–Trinajstić information content (AvgIpc) is 2.93. The van der Waals surface area contributed by atoms with E-state index in [1.165, 1.54) is 4.88 Å². The first-order valence-electron chi connectivity index (χ1n) is 6.22. The van der Waals surface area contributed by atoms with E-state index in [2.05, 4.69) is 17.2 Å². The molecule has 0 bridgehead atoms. The molecule has 0 aliphatic heterocycles. The zero-order valence-corrected chi connectivity index (χ0v) is 11.6. The largest absolute Gasteiger partial charge is 0.348 e. The van der Waals surface area contributed by atoms with E-state index in [9.17, 15) is 4.79 Å². The fraction of sp³-hybridized carbons (Fsp3) is 0.286. The number of nitrogens with two attached hydrogens (primary N) is 1. The Balaban J connectivity index is 1.91. The molecular formula is C14H17N3OS. The van der Waals surface area contributed by atoms with Crippen LogP contribution < -0.4 is 11.1 Å². The fourth-order valence-corrected chi connectivity index (χ4v) is 2.48. The van der Waals surface area contributed by atoms with Gasteiger partial charge in [0.05, 0.1) is 6.54 Å². The summed E-state index contributed by atoms with van der Waals surface area (Å²) in [4.78, 5) is 17.4. The second-order valence-electron chi connectivity index (χ2n) is 4.18. The van der Waals surface area contributed by atoms with Crippen molar-refractivity contribution in [2.24, 2.45) is 5.73 Å².